The molecule has 28 heavy (non-hydrogen) atoms. The van der Waals surface area contributed by atoms with Crippen LogP contribution in [0.3, 0.4) is 0 Å². The number of aromatic carboxylic acids is 1. The number of rotatable bonds is 4. The Morgan fingerprint density at radius 2 is 1.96 bits per heavy atom. The molecule has 2 aromatic carbocycles. The van der Waals surface area contributed by atoms with Gasteiger partial charge in [-0.1, -0.05) is 39.8 Å². The predicted molar refractivity (Wildman–Crippen MR) is 109 cm³/mol. The minimum Gasteiger partial charge on any atom is -0.545 e. The molecule has 0 radical (unpaired) electrons. The smallest absolute Gasteiger partial charge is 0.238 e. The topological polar surface area (TPSA) is 102 Å². The molecule has 1 N–H and O–H groups in total. The van der Waals surface area contributed by atoms with Crippen molar-refractivity contribution in [2.75, 3.05) is 12.4 Å². The van der Waals surface area contributed by atoms with E-state index in [9.17, 15) is 19.5 Å². The molecule has 7 nitrogen and oxygen atoms in total. The van der Waals surface area contributed by atoms with Gasteiger partial charge >= 0.3 is 0 Å². The van der Waals surface area contributed by atoms with Gasteiger partial charge < -0.3 is 15.2 Å². The standard InChI is InChI=1S/C19H16BrN3O4S/c1-23-16(24)10-15(28-19(23)22-13-7-5-12(20)6-8-13)17(25)21-14-4-2-3-11(9-14)18(26)27/h2-9,15H,10H2,1H3,(H,21,25)(H,26,27)/p-1/t15-/m1/s1. The van der Waals surface area contributed by atoms with Gasteiger partial charge in [0.2, 0.25) is 11.8 Å². The molecule has 0 bridgehead atoms. The van der Waals surface area contributed by atoms with Crippen LogP contribution < -0.4 is 10.4 Å². The summed E-state index contributed by atoms with van der Waals surface area (Å²) in [7, 11) is 1.62. The van der Waals surface area contributed by atoms with Crippen LogP contribution in [-0.2, 0) is 9.59 Å². The van der Waals surface area contributed by atoms with Gasteiger partial charge in [-0.2, -0.15) is 0 Å². The lowest BCUT2D eigenvalue weighted by atomic mass is 10.2. The lowest BCUT2D eigenvalue weighted by molar-refractivity contribution is -0.255. The summed E-state index contributed by atoms with van der Waals surface area (Å²) in [6, 6.07) is 13.0. The summed E-state index contributed by atoms with van der Waals surface area (Å²) in [6.45, 7) is 0. The second-order valence-electron chi connectivity index (χ2n) is 5.99. The first kappa shape index (κ1) is 20.1. The molecular weight excluding hydrogens is 446 g/mol. The number of benzene rings is 2. The van der Waals surface area contributed by atoms with Crippen molar-refractivity contribution in [3.05, 3.63) is 58.6 Å². The summed E-state index contributed by atoms with van der Waals surface area (Å²) in [4.78, 5) is 41.8. The molecule has 2 aromatic rings. The van der Waals surface area contributed by atoms with Gasteiger partial charge in [-0.3, -0.25) is 14.5 Å². The highest BCUT2D eigenvalue weighted by Gasteiger charge is 2.34. The Morgan fingerprint density at radius 1 is 1.25 bits per heavy atom. The molecule has 0 aromatic heterocycles. The highest BCUT2D eigenvalue weighted by molar-refractivity contribution is 9.10. The maximum atomic E-state index is 12.6. The summed E-state index contributed by atoms with van der Waals surface area (Å²) in [5.41, 5.74) is 0.945. The van der Waals surface area contributed by atoms with Crippen molar-refractivity contribution in [3.63, 3.8) is 0 Å². The molecule has 0 aliphatic carbocycles. The Balaban J connectivity index is 1.77. The Hall–Kier alpha value is -2.65. The van der Waals surface area contributed by atoms with Gasteiger partial charge in [-0.15, -0.1) is 0 Å². The average Bonchev–Trinajstić information content (AvgIpc) is 2.67. The van der Waals surface area contributed by atoms with Crippen molar-refractivity contribution in [2.45, 2.75) is 11.7 Å². The third-order valence-corrected chi connectivity index (χ3v) is 5.75. The number of carbonyl (C=O) groups is 3. The van der Waals surface area contributed by atoms with Gasteiger partial charge in [0.05, 0.1) is 11.7 Å². The number of hydrogen-bond donors (Lipinski definition) is 1. The fourth-order valence-electron chi connectivity index (χ4n) is 2.47. The van der Waals surface area contributed by atoms with Crippen LogP contribution in [0, 0.1) is 0 Å². The predicted octanol–water partition coefficient (Wildman–Crippen LogP) is 2.40. The average molecular weight is 461 g/mol. The van der Waals surface area contributed by atoms with E-state index >= 15 is 0 Å². The van der Waals surface area contributed by atoms with Crippen LogP contribution in [-0.4, -0.2) is 40.1 Å². The highest BCUT2D eigenvalue weighted by Crippen LogP contribution is 2.29. The number of amidine groups is 1. The van der Waals surface area contributed by atoms with Gasteiger partial charge in [-0.25, -0.2) is 4.99 Å². The van der Waals surface area contributed by atoms with E-state index in [2.05, 4.69) is 26.2 Å². The van der Waals surface area contributed by atoms with E-state index in [0.717, 1.165) is 4.47 Å². The normalized spacial score (nSPS) is 18.2. The van der Waals surface area contributed by atoms with Crippen molar-refractivity contribution in [3.8, 4) is 0 Å². The number of carboxylic acid groups (broad SMARTS) is 1. The van der Waals surface area contributed by atoms with Crippen LogP contribution in [0.1, 0.15) is 16.8 Å². The zero-order valence-corrected chi connectivity index (χ0v) is 17.1. The lowest BCUT2D eigenvalue weighted by Crippen LogP contribution is -2.43. The molecule has 1 atom stereocenters. The van der Waals surface area contributed by atoms with E-state index in [0.29, 0.717) is 16.5 Å². The van der Waals surface area contributed by atoms with E-state index < -0.39 is 17.1 Å². The van der Waals surface area contributed by atoms with Crippen LogP contribution in [0.5, 0.6) is 0 Å². The Bertz CT molecular complexity index is 962. The number of anilines is 1. The first-order valence-corrected chi connectivity index (χ1v) is 9.90. The van der Waals surface area contributed by atoms with Crippen LogP contribution >= 0.6 is 27.7 Å². The molecule has 1 aliphatic rings. The molecule has 1 aliphatic heterocycles. The number of amides is 2. The zero-order valence-electron chi connectivity index (χ0n) is 14.7. The first-order valence-electron chi connectivity index (χ1n) is 8.23. The number of carbonyl (C=O) groups excluding carboxylic acids is 3. The molecule has 144 valence electrons. The quantitative estimate of drug-likeness (QED) is 0.754. The van der Waals surface area contributed by atoms with Crippen molar-refractivity contribution in [1.29, 1.82) is 0 Å². The van der Waals surface area contributed by atoms with E-state index in [1.165, 1.54) is 34.9 Å². The van der Waals surface area contributed by atoms with Gasteiger partial charge in [0, 0.05) is 23.6 Å². The molecule has 1 saturated heterocycles. The van der Waals surface area contributed by atoms with Crippen LogP contribution in [0.25, 0.3) is 0 Å². The molecule has 1 fully saturated rings. The second-order valence-corrected chi connectivity index (χ2v) is 8.08. The van der Waals surface area contributed by atoms with Crippen molar-refractivity contribution in [2.24, 2.45) is 4.99 Å². The van der Waals surface area contributed by atoms with Gasteiger partial charge in [0.25, 0.3) is 0 Å². The maximum absolute atomic E-state index is 12.6. The molecule has 0 spiro atoms. The molecular formula is C19H15BrN3O4S-. The minimum absolute atomic E-state index is 0.0204. The Kier molecular flexibility index (Phi) is 6.15. The summed E-state index contributed by atoms with van der Waals surface area (Å²) < 4.78 is 0.910. The second kappa shape index (κ2) is 8.57. The zero-order chi connectivity index (χ0) is 20.3. The largest absolute Gasteiger partial charge is 0.545 e. The van der Waals surface area contributed by atoms with E-state index in [1.807, 2.05) is 12.1 Å². The number of nitrogens with one attached hydrogen (secondary N) is 1. The van der Waals surface area contributed by atoms with Crippen LogP contribution in [0.15, 0.2) is 58.0 Å². The number of aliphatic imine (C=N–C) groups is 1. The summed E-state index contributed by atoms with van der Waals surface area (Å²) in [6.07, 6.45) is 0.0204. The molecule has 9 heteroatoms. The van der Waals surface area contributed by atoms with Crippen molar-refractivity contribution < 1.29 is 19.5 Å². The summed E-state index contributed by atoms with van der Waals surface area (Å²) in [5.74, 6) is -1.95. The number of thioether (sulfide) groups is 1. The number of halogens is 1. The third kappa shape index (κ3) is 4.79. The molecule has 0 saturated carbocycles. The summed E-state index contributed by atoms with van der Waals surface area (Å²) >= 11 is 4.54. The van der Waals surface area contributed by atoms with E-state index in [4.69, 9.17) is 0 Å². The first-order chi connectivity index (χ1) is 13.3. The lowest BCUT2D eigenvalue weighted by Gasteiger charge is -2.28. The third-order valence-electron chi connectivity index (χ3n) is 3.98. The SMILES string of the molecule is CN1C(=O)C[C@H](C(=O)Nc2cccc(C(=O)[O-])c2)SC1=Nc1ccc(Br)cc1. The summed E-state index contributed by atoms with van der Waals surface area (Å²) in [5, 5.41) is 13.4. The Morgan fingerprint density at radius 3 is 2.64 bits per heavy atom. The Labute approximate surface area is 174 Å². The van der Waals surface area contributed by atoms with Gasteiger partial charge in [0.15, 0.2) is 5.17 Å². The van der Waals surface area contributed by atoms with Crippen LogP contribution in [0.2, 0.25) is 0 Å². The van der Waals surface area contributed by atoms with Crippen LogP contribution in [0.4, 0.5) is 11.4 Å². The number of nitrogens with zero attached hydrogens (tertiary/aromatic N) is 2. The van der Waals surface area contributed by atoms with Gasteiger partial charge in [-0.05, 0) is 42.0 Å². The minimum atomic E-state index is -1.33. The fourth-order valence-corrected chi connectivity index (χ4v) is 3.80. The maximum Gasteiger partial charge on any atom is 0.238 e. The highest BCUT2D eigenvalue weighted by atomic mass is 79.9. The fraction of sp³-hybridized carbons (Fsp3) is 0.158. The monoisotopic (exact) mass is 460 g/mol. The molecule has 1 heterocycles. The molecule has 2 amide bonds. The number of hydrogen-bond acceptors (Lipinski definition) is 6. The van der Waals surface area contributed by atoms with Crippen molar-refractivity contribution in [1.82, 2.24) is 4.90 Å². The van der Waals surface area contributed by atoms with Gasteiger partial charge in [0.1, 0.15) is 5.25 Å². The van der Waals surface area contributed by atoms with E-state index in [1.54, 1.807) is 25.2 Å². The molecule has 3 rings (SSSR count). The molecule has 0 unspecified atom stereocenters. The van der Waals surface area contributed by atoms with Crippen molar-refractivity contribution >= 4 is 62.0 Å². The van der Waals surface area contributed by atoms with E-state index in [-0.39, 0.29) is 17.9 Å². The number of carboxylic acids is 1.